The minimum atomic E-state index is -1.10. The Bertz CT molecular complexity index is 282. The van der Waals surface area contributed by atoms with Crippen molar-refractivity contribution in [3.05, 3.63) is 23.9 Å². The molecule has 0 aromatic rings. The summed E-state index contributed by atoms with van der Waals surface area (Å²) in [5.41, 5.74) is 0.530. The maximum atomic E-state index is 11.4. The third-order valence-corrected chi connectivity index (χ3v) is 2.02. The minimum Gasteiger partial charge on any atom is -0.357 e. The van der Waals surface area contributed by atoms with Crippen LogP contribution in [-0.4, -0.2) is 29.4 Å². The molecule has 1 amide bonds. The predicted molar refractivity (Wildman–Crippen MR) is 53.5 cm³/mol. The van der Waals surface area contributed by atoms with Gasteiger partial charge in [0, 0.05) is 20.3 Å². The third kappa shape index (κ3) is 2.64. The van der Waals surface area contributed by atoms with Gasteiger partial charge in [0.15, 0.2) is 0 Å². The van der Waals surface area contributed by atoms with Crippen molar-refractivity contribution in [3.8, 4) is 0 Å². The first-order valence-electron chi connectivity index (χ1n) is 3.69. The topological polar surface area (TPSA) is 32.3 Å². The molecule has 0 spiro atoms. The van der Waals surface area contributed by atoms with Crippen molar-refractivity contribution in [1.29, 1.82) is 0 Å². The lowest BCUT2D eigenvalue weighted by Crippen LogP contribution is -2.33. The molecule has 0 bridgehead atoms. The van der Waals surface area contributed by atoms with Crippen LogP contribution in [0.25, 0.3) is 0 Å². The lowest BCUT2D eigenvalue weighted by atomic mass is 10.2. The zero-order chi connectivity index (χ0) is 10.1. The number of carbonyl (C=O) groups is 1. The molecule has 5 heteroatoms. The summed E-state index contributed by atoms with van der Waals surface area (Å²) in [6.07, 6.45) is 4.62. The van der Waals surface area contributed by atoms with Crippen LogP contribution in [0.3, 0.4) is 0 Å². The SMILES string of the molecule is CN(C)C(=O)C1=CNC(Cl)(Cl)C=C1. The molecule has 1 aliphatic rings. The average molecular weight is 221 g/mol. The van der Waals surface area contributed by atoms with Crippen molar-refractivity contribution in [2.24, 2.45) is 0 Å². The molecule has 1 N–H and O–H groups in total. The van der Waals surface area contributed by atoms with Crippen LogP contribution in [0.5, 0.6) is 0 Å². The number of halogens is 2. The number of hydrogen-bond acceptors (Lipinski definition) is 2. The molecule has 3 nitrogen and oxygen atoms in total. The highest BCUT2D eigenvalue weighted by atomic mass is 35.5. The van der Waals surface area contributed by atoms with E-state index < -0.39 is 4.46 Å². The summed E-state index contributed by atoms with van der Waals surface area (Å²) in [5, 5.41) is 2.68. The highest BCUT2D eigenvalue weighted by Crippen LogP contribution is 2.23. The third-order valence-electron chi connectivity index (χ3n) is 1.55. The first-order chi connectivity index (χ1) is 5.92. The van der Waals surface area contributed by atoms with Gasteiger partial charge in [-0.15, -0.1) is 0 Å². The summed E-state index contributed by atoms with van der Waals surface area (Å²) in [6, 6.07) is 0. The second-order valence-electron chi connectivity index (χ2n) is 2.90. The van der Waals surface area contributed by atoms with E-state index in [2.05, 4.69) is 5.32 Å². The number of alkyl halides is 2. The van der Waals surface area contributed by atoms with Gasteiger partial charge in [-0.2, -0.15) is 0 Å². The van der Waals surface area contributed by atoms with E-state index in [0.29, 0.717) is 5.57 Å². The zero-order valence-corrected chi connectivity index (χ0v) is 8.86. The molecule has 72 valence electrons. The van der Waals surface area contributed by atoms with E-state index in [1.807, 2.05) is 0 Å². The highest BCUT2D eigenvalue weighted by molar-refractivity contribution is 6.49. The monoisotopic (exact) mass is 220 g/mol. The molecule has 1 rings (SSSR count). The lowest BCUT2D eigenvalue weighted by molar-refractivity contribution is -0.124. The summed E-state index contributed by atoms with van der Waals surface area (Å²) in [6.45, 7) is 0. The molecule has 1 aliphatic heterocycles. The van der Waals surface area contributed by atoms with Crippen molar-refractivity contribution < 1.29 is 4.79 Å². The van der Waals surface area contributed by atoms with Gasteiger partial charge in [0.05, 0.1) is 5.57 Å². The van der Waals surface area contributed by atoms with Crippen LogP contribution < -0.4 is 5.32 Å². The zero-order valence-electron chi connectivity index (χ0n) is 7.34. The van der Waals surface area contributed by atoms with Gasteiger partial charge in [-0.1, -0.05) is 23.2 Å². The Labute approximate surface area is 87.0 Å². The predicted octanol–water partition coefficient (Wildman–Crippen LogP) is 1.25. The molecule has 0 atom stereocenters. The first kappa shape index (κ1) is 10.4. The van der Waals surface area contributed by atoms with Gasteiger partial charge in [-0.25, -0.2) is 0 Å². The fourth-order valence-electron chi connectivity index (χ4n) is 0.856. The van der Waals surface area contributed by atoms with Crippen molar-refractivity contribution in [3.63, 3.8) is 0 Å². The number of nitrogens with zero attached hydrogens (tertiary/aromatic N) is 1. The molecule has 0 unspecified atom stereocenters. The average Bonchev–Trinajstić information content (AvgIpc) is 2.03. The van der Waals surface area contributed by atoms with Crippen LogP contribution in [0, 0.1) is 0 Å². The fourth-order valence-corrected chi connectivity index (χ4v) is 1.09. The molecule has 0 saturated carbocycles. The Kier molecular flexibility index (Phi) is 2.88. The first-order valence-corrected chi connectivity index (χ1v) is 4.44. The van der Waals surface area contributed by atoms with Gasteiger partial charge in [0.2, 0.25) is 4.46 Å². The Hall–Kier alpha value is -0.670. The Morgan fingerprint density at radius 1 is 1.54 bits per heavy atom. The molecule has 13 heavy (non-hydrogen) atoms. The molecule has 1 heterocycles. The lowest BCUT2D eigenvalue weighted by Gasteiger charge is -2.21. The van der Waals surface area contributed by atoms with E-state index in [9.17, 15) is 4.79 Å². The maximum absolute atomic E-state index is 11.4. The van der Waals surface area contributed by atoms with Crippen LogP contribution in [-0.2, 0) is 4.79 Å². The largest absolute Gasteiger partial charge is 0.357 e. The van der Waals surface area contributed by atoms with Crippen LogP contribution in [0.1, 0.15) is 0 Å². The number of nitrogens with one attached hydrogen (secondary N) is 1. The van der Waals surface area contributed by atoms with E-state index in [1.54, 1.807) is 20.2 Å². The Morgan fingerprint density at radius 2 is 2.15 bits per heavy atom. The van der Waals surface area contributed by atoms with Crippen LogP contribution >= 0.6 is 23.2 Å². The second-order valence-corrected chi connectivity index (χ2v) is 4.29. The second kappa shape index (κ2) is 3.60. The summed E-state index contributed by atoms with van der Waals surface area (Å²) in [5.74, 6) is -0.0902. The van der Waals surface area contributed by atoms with Crippen molar-refractivity contribution in [2.45, 2.75) is 4.46 Å². The maximum Gasteiger partial charge on any atom is 0.254 e. The highest BCUT2D eigenvalue weighted by Gasteiger charge is 2.23. The summed E-state index contributed by atoms with van der Waals surface area (Å²) < 4.78 is -1.10. The molecule has 0 saturated heterocycles. The van der Waals surface area contributed by atoms with Crippen molar-refractivity contribution in [1.82, 2.24) is 10.2 Å². The van der Waals surface area contributed by atoms with Gasteiger partial charge >= 0.3 is 0 Å². The van der Waals surface area contributed by atoms with E-state index in [1.165, 1.54) is 17.2 Å². The summed E-state index contributed by atoms with van der Waals surface area (Å²) in [4.78, 5) is 12.9. The smallest absolute Gasteiger partial charge is 0.254 e. The van der Waals surface area contributed by atoms with Crippen LogP contribution in [0.4, 0.5) is 0 Å². The molecule has 0 aromatic carbocycles. The standard InChI is InChI=1S/C8H10Cl2N2O/c1-12(2)7(13)6-3-4-8(9,10)11-5-6/h3-5,11H,1-2H3. The van der Waals surface area contributed by atoms with E-state index in [4.69, 9.17) is 23.2 Å². The molecule has 0 fully saturated rings. The molecular weight excluding hydrogens is 211 g/mol. The number of dihydropyridines is 1. The quantitative estimate of drug-likeness (QED) is 0.533. The van der Waals surface area contributed by atoms with Gasteiger partial charge < -0.3 is 10.2 Å². The van der Waals surface area contributed by atoms with Crippen LogP contribution in [0.2, 0.25) is 0 Å². The number of amides is 1. The Morgan fingerprint density at radius 3 is 2.54 bits per heavy atom. The normalized spacial score (nSPS) is 18.9. The van der Waals surface area contributed by atoms with Gasteiger partial charge in [0.1, 0.15) is 0 Å². The van der Waals surface area contributed by atoms with E-state index >= 15 is 0 Å². The van der Waals surface area contributed by atoms with E-state index in [-0.39, 0.29) is 5.91 Å². The van der Waals surface area contributed by atoms with Crippen molar-refractivity contribution in [2.75, 3.05) is 14.1 Å². The number of carbonyl (C=O) groups excluding carboxylic acids is 1. The molecular formula is C8H10Cl2N2O. The van der Waals surface area contributed by atoms with Crippen LogP contribution in [0.15, 0.2) is 23.9 Å². The summed E-state index contributed by atoms with van der Waals surface area (Å²) in [7, 11) is 3.36. The number of likely N-dealkylation sites (N-methyl/N-ethyl adjacent to an activating group) is 1. The minimum absolute atomic E-state index is 0.0902. The molecule has 0 radical (unpaired) electrons. The fraction of sp³-hybridized carbons (Fsp3) is 0.375. The molecule has 0 aliphatic carbocycles. The van der Waals surface area contributed by atoms with Gasteiger partial charge in [-0.3, -0.25) is 4.79 Å². The number of rotatable bonds is 1. The number of hydrogen-bond donors (Lipinski definition) is 1. The van der Waals surface area contributed by atoms with Gasteiger partial charge in [0.25, 0.3) is 5.91 Å². The van der Waals surface area contributed by atoms with Gasteiger partial charge in [-0.05, 0) is 12.2 Å². The van der Waals surface area contributed by atoms with Crippen molar-refractivity contribution >= 4 is 29.1 Å². The summed E-state index contributed by atoms with van der Waals surface area (Å²) >= 11 is 11.4. The Balaban J connectivity index is 2.73. The van der Waals surface area contributed by atoms with E-state index in [0.717, 1.165) is 0 Å². The molecule has 0 aromatic heterocycles.